The fraction of sp³-hybridized carbons (Fsp3) is 0.882. The molecule has 0 aliphatic heterocycles. The fourth-order valence-corrected chi connectivity index (χ4v) is 3.81. The first-order chi connectivity index (χ1) is 10.0. The Labute approximate surface area is 129 Å². The van der Waals surface area contributed by atoms with Crippen LogP contribution in [0.2, 0.25) is 0 Å². The van der Waals surface area contributed by atoms with Crippen LogP contribution in [0.25, 0.3) is 0 Å². The molecule has 0 bridgehead atoms. The molecule has 0 amide bonds. The smallest absolute Gasteiger partial charge is 0.140 e. The summed E-state index contributed by atoms with van der Waals surface area (Å²) < 4.78 is 2.04. The van der Waals surface area contributed by atoms with Gasteiger partial charge in [0.15, 0.2) is 0 Å². The standard InChI is InChI=1S/C17H32N4/c1-14(2)9-17(7-5-6-8-17)12-18-10-16-19-13-20-21(16)11-15(3)4/h13-15,18H,5-12H2,1-4H3. The van der Waals surface area contributed by atoms with Crippen LogP contribution in [0.4, 0.5) is 0 Å². The molecule has 2 rings (SSSR count). The molecule has 1 heterocycles. The number of rotatable bonds is 8. The van der Waals surface area contributed by atoms with Gasteiger partial charge < -0.3 is 5.32 Å². The number of nitrogens with one attached hydrogen (secondary N) is 1. The first kappa shape index (κ1) is 16.5. The van der Waals surface area contributed by atoms with Gasteiger partial charge in [0.1, 0.15) is 12.2 Å². The molecule has 0 atom stereocenters. The van der Waals surface area contributed by atoms with Crippen LogP contribution in [0.15, 0.2) is 6.33 Å². The molecule has 120 valence electrons. The van der Waals surface area contributed by atoms with Crippen molar-refractivity contribution in [3.63, 3.8) is 0 Å². The fourth-order valence-electron chi connectivity index (χ4n) is 3.81. The highest BCUT2D eigenvalue weighted by Gasteiger charge is 2.33. The summed E-state index contributed by atoms with van der Waals surface area (Å²) in [4.78, 5) is 4.41. The molecule has 21 heavy (non-hydrogen) atoms. The van der Waals surface area contributed by atoms with E-state index in [1.807, 2.05) is 4.68 Å². The third-order valence-electron chi connectivity index (χ3n) is 4.52. The van der Waals surface area contributed by atoms with Crippen molar-refractivity contribution >= 4 is 0 Å². The Balaban J connectivity index is 1.86. The Morgan fingerprint density at radius 2 is 1.90 bits per heavy atom. The van der Waals surface area contributed by atoms with Crippen LogP contribution in [0.3, 0.4) is 0 Å². The predicted octanol–water partition coefficient (Wildman–Crippen LogP) is 3.63. The Morgan fingerprint density at radius 3 is 2.52 bits per heavy atom. The van der Waals surface area contributed by atoms with E-state index in [9.17, 15) is 0 Å². The van der Waals surface area contributed by atoms with Gasteiger partial charge in [-0.25, -0.2) is 9.67 Å². The van der Waals surface area contributed by atoms with E-state index in [1.165, 1.54) is 32.1 Å². The average Bonchev–Trinajstić information content (AvgIpc) is 2.99. The van der Waals surface area contributed by atoms with Crippen LogP contribution < -0.4 is 5.32 Å². The summed E-state index contributed by atoms with van der Waals surface area (Å²) in [5, 5.41) is 8.00. The first-order valence-corrected chi connectivity index (χ1v) is 8.58. The lowest BCUT2D eigenvalue weighted by Crippen LogP contribution is -2.33. The largest absolute Gasteiger partial charge is 0.309 e. The second-order valence-electron chi connectivity index (χ2n) is 7.66. The van der Waals surface area contributed by atoms with Gasteiger partial charge in [-0.15, -0.1) is 0 Å². The summed E-state index contributed by atoms with van der Waals surface area (Å²) in [5.41, 5.74) is 0.525. The van der Waals surface area contributed by atoms with Gasteiger partial charge in [0, 0.05) is 13.1 Å². The summed E-state index contributed by atoms with van der Waals surface area (Å²) in [6, 6.07) is 0. The van der Waals surface area contributed by atoms with Crippen molar-refractivity contribution in [1.82, 2.24) is 20.1 Å². The Bertz CT molecular complexity index is 416. The van der Waals surface area contributed by atoms with Gasteiger partial charge in [0.05, 0.1) is 6.54 Å². The Hall–Kier alpha value is -0.900. The lowest BCUT2D eigenvalue weighted by atomic mass is 9.78. The van der Waals surface area contributed by atoms with E-state index in [0.29, 0.717) is 11.3 Å². The molecule has 4 nitrogen and oxygen atoms in total. The molecule has 0 aromatic carbocycles. The molecule has 1 aromatic heterocycles. The van der Waals surface area contributed by atoms with Crippen LogP contribution in [-0.2, 0) is 13.1 Å². The molecule has 1 saturated carbocycles. The summed E-state index contributed by atoms with van der Waals surface area (Å²) in [6.45, 7) is 12.0. The van der Waals surface area contributed by atoms with Crippen molar-refractivity contribution in [1.29, 1.82) is 0 Å². The zero-order chi connectivity index (χ0) is 15.3. The molecule has 1 aromatic rings. The van der Waals surface area contributed by atoms with E-state index < -0.39 is 0 Å². The van der Waals surface area contributed by atoms with Gasteiger partial charge in [0.2, 0.25) is 0 Å². The second kappa shape index (κ2) is 7.39. The first-order valence-electron chi connectivity index (χ1n) is 8.58. The van der Waals surface area contributed by atoms with E-state index >= 15 is 0 Å². The maximum atomic E-state index is 4.41. The molecule has 1 N–H and O–H groups in total. The maximum Gasteiger partial charge on any atom is 0.140 e. The highest BCUT2D eigenvalue weighted by atomic mass is 15.3. The topological polar surface area (TPSA) is 42.7 Å². The van der Waals surface area contributed by atoms with Gasteiger partial charge in [-0.3, -0.25) is 0 Å². The number of hydrogen-bond donors (Lipinski definition) is 1. The van der Waals surface area contributed by atoms with Gasteiger partial charge in [-0.1, -0.05) is 40.5 Å². The summed E-state index contributed by atoms with van der Waals surface area (Å²) in [7, 11) is 0. The van der Waals surface area contributed by atoms with Gasteiger partial charge in [-0.05, 0) is 36.5 Å². The lowest BCUT2D eigenvalue weighted by molar-refractivity contribution is 0.222. The van der Waals surface area contributed by atoms with E-state index in [1.54, 1.807) is 6.33 Å². The summed E-state index contributed by atoms with van der Waals surface area (Å²) >= 11 is 0. The third-order valence-corrected chi connectivity index (χ3v) is 4.52. The summed E-state index contributed by atoms with van der Waals surface area (Å²) in [5.74, 6) is 2.46. The zero-order valence-corrected chi connectivity index (χ0v) is 14.2. The Kier molecular flexibility index (Phi) is 5.80. The van der Waals surface area contributed by atoms with Gasteiger partial charge >= 0.3 is 0 Å². The minimum Gasteiger partial charge on any atom is -0.309 e. The predicted molar refractivity (Wildman–Crippen MR) is 86.9 cm³/mol. The molecule has 1 fully saturated rings. The van der Waals surface area contributed by atoms with Crippen molar-refractivity contribution in [2.75, 3.05) is 6.54 Å². The number of nitrogens with zero attached hydrogens (tertiary/aromatic N) is 3. The quantitative estimate of drug-likeness (QED) is 0.795. The minimum atomic E-state index is 0.525. The van der Waals surface area contributed by atoms with Crippen molar-refractivity contribution in [3.05, 3.63) is 12.2 Å². The van der Waals surface area contributed by atoms with Gasteiger partial charge in [-0.2, -0.15) is 5.10 Å². The lowest BCUT2D eigenvalue weighted by Gasteiger charge is -2.31. The molecule has 1 aliphatic rings. The zero-order valence-electron chi connectivity index (χ0n) is 14.2. The van der Waals surface area contributed by atoms with Crippen molar-refractivity contribution < 1.29 is 0 Å². The average molecular weight is 292 g/mol. The van der Waals surface area contributed by atoms with Crippen LogP contribution in [0.5, 0.6) is 0 Å². The molecule has 0 saturated heterocycles. The third kappa shape index (κ3) is 4.80. The van der Waals surface area contributed by atoms with Crippen LogP contribution in [0, 0.1) is 17.3 Å². The Morgan fingerprint density at radius 1 is 1.19 bits per heavy atom. The van der Waals surface area contributed by atoms with E-state index in [0.717, 1.165) is 31.4 Å². The second-order valence-corrected chi connectivity index (χ2v) is 7.66. The van der Waals surface area contributed by atoms with Crippen LogP contribution in [0.1, 0.15) is 65.6 Å². The molecular formula is C17H32N4. The summed E-state index contributed by atoms with van der Waals surface area (Å²) in [6.07, 6.45) is 8.60. The molecular weight excluding hydrogens is 260 g/mol. The molecule has 1 aliphatic carbocycles. The van der Waals surface area contributed by atoms with Crippen molar-refractivity contribution in [3.8, 4) is 0 Å². The number of hydrogen-bond acceptors (Lipinski definition) is 3. The monoisotopic (exact) mass is 292 g/mol. The molecule has 0 unspecified atom stereocenters. The minimum absolute atomic E-state index is 0.525. The normalized spacial score (nSPS) is 18.0. The van der Waals surface area contributed by atoms with Crippen LogP contribution in [-0.4, -0.2) is 21.3 Å². The number of aromatic nitrogens is 3. The molecule has 0 radical (unpaired) electrons. The van der Waals surface area contributed by atoms with Crippen molar-refractivity contribution in [2.45, 2.75) is 72.9 Å². The van der Waals surface area contributed by atoms with E-state index in [4.69, 9.17) is 0 Å². The molecule has 4 heteroatoms. The molecule has 0 spiro atoms. The highest BCUT2D eigenvalue weighted by molar-refractivity contribution is 4.90. The van der Waals surface area contributed by atoms with E-state index in [-0.39, 0.29) is 0 Å². The van der Waals surface area contributed by atoms with Gasteiger partial charge in [0.25, 0.3) is 0 Å². The van der Waals surface area contributed by atoms with Crippen LogP contribution >= 0.6 is 0 Å². The van der Waals surface area contributed by atoms with Crippen molar-refractivity contribution in [2.24, 2.45) is 17.3 Å². The van der Waals surface area contributed by atoms with E-state index in [2.05, 4.69) is 43.1 Å². The maximum absolute atomic E-state index is 4.41. The SMILES string of the molecule is CC(C)Cn1ncnc1CNCC1(CC(C)C)CCCC1. The highest BCUT2D eigenvalue weighted by Crippen LogP contribution is 2.42.